The van der Waals surface area contributed by atoms with E-state index in [1.807, 2.05) is 12.1 Å². The number of nitrogens with zero attached hydrogens (tertiary/aromatic N) is 2. The van der Waals surface area contributed by atoms with E-state index in [0.29, 0.717) is 23.8 Å². The summed E-state index contributed by atoms with van der Waals surface area (Å²) >= 11 is 0. The van der Waals surface area contributed by atoms with E-state index in [0.717, 1.165) is 5.69 Å². The summed E-state index contributed by atoms with van der Waals surface area (Å²) in [6.45, 7) is 2.18. The van der Waals surface area contributed by atoms with E-state index in [9.17, 15) is 9.59 Å². The first-order valence-electron chi connectivity index (χ1n) is 9.16. The number of esters is 1. The van der Waals surface area contributed by atoms with Crippen LogP contribution in [0.1, 0.15) is 17.4 Å². The Balaban J connectivity index is 1.40. The van der Waals surface area contributed by atoms with E-state index in [4.69, 9.17) is 14.2 Å². The lowest BCUT2D eigenvalue weighted by Gasteiger charge is -2.25. The van der Waals surface area contributed by atoms with Gasteiger partial charge in [-0.1, -0.05) is 12.1 Å². The van der Waals surface area contributed by atoms with Gasteiger partial charge in [-0.3, -0.25) is 4.79 Å². The number of nitrogens with one attached hydrogen (secondary N) is 1. The predicted molar refractivity (Wildman–Crippen MR) is 105 cm³/mol. The van der Waals surface area contributed by atoms with E-state index < -0.39 is 12.1 Å². The zero-order valence-corrected chi connectivity index (χ0v) is 15.7. The maximum Gasteiger partial charge on any atom is 0.358 e. The molecule has 1 N–H and O–H groups in total. The molecule has 148 valence electrons. The first-order chi connectivity index (χ1) is 14.1. The minimum absolute atomic E-state index is 0.144. The third-order valence-electron chi connectivity index (χ3n) is 4.27. The Kier molecular flexibility index (Phi) is 5.15. The topological polar surface area (TPSA) is 91.7 Å². The molecule has 2 heterocycles. The van der Waals surface area contributed by atoms with Crippen molar-refractivity contribution < 1.29 is 23.8 Å². The molecule has 4 rings (SSSR count). The Hall–Kier alpha value is -3.81. The number of benzene rings is 2. The van der Waals surface area contributed by atoms with Gasteiger partial charge < -0.3 is 19.5 Å². The van der Waals surface area contributed by atoms with Gasteiger partial charge in [0.05, 0.1) is 12.3 Å². The normalized spacial score (nSPS) is 14.9. The van der Waals surface area contributed by atoms with Crippen LogP contribution in [0.15, 0.2) is 60.8 Å². The van der Waals surface area contributed by atoms with Crippen molar-refractivity contribution in [3.8, 4) is 17.2 Å². The number of carbonyl (C=O) groups is 2. The van der Waals surface area contributed by atoms with E-state index in [2.05, 4.69) is 10.4 Å². The van der Waals surface area contributed by atoms with Gasteiger partial charge in [0, 0.05) is 11.9 Å². The highest BCUT2D eigenvalue weighted by atomic mass is 16.6. The highest BCUT2D eigenvalue weighted by molar-refractivity contribution is 5.94. The Morgan fingerprint density at radius 2 is 1.90 bits per heavy atom. The van der Waals surface area contributed by atoms with Gasteiger partial charge in [-0.05, 0) is 49.4 Å². The number of hydrogen-bond acceptors (Lipinski definition) is 6. The van der Waals surface area contributed by atoms with Crippen LogP contribution in [0.5, 0.6) is 11.5 Å². The van der Waals surface area contributed by atoms with Gasteiger partial charge in [0.15, 0.2) is 17.2 Å². The van der Waals surface area contributed by atoms with Crippen molar-refractivity contribution in [3.05, 3.63) is 66.5 Å². The zero-order chi connectivity index (χ0) is 20.2. The molecule has 0 fully saturated rings. The molecular weight excluding hydrogens is 374 g/mol. The van der Waals surface area contributed by atoms with Crippen molar-refractivity contribution in [2.75, 3.05) is 18.5 Å². The smallest absolute Gasteiger partial charge is 0.358 e. The number of carbonyl (C=O) groups excluding carboxylic acids is 2. The fourth-order valence-electron chi connectivity index (χ4n) is 2.85. The molecule has 1 aliphatic rings. The molecule has 0 saturated heterocycles. The number of rotatable bonds is 5. The van der Waals surface area contributed by atoms with Crippen molar-refractivity contribution in [1.29, 1.82) is 0 Å². The standard InChI is InChI=1S/C21H19N3O5/c1-2-27-21(26)16-11-12-24(23-16)15-9-7-14(8-10-15)22-20(25)19-13-28-17-5-3-4-6-18(17)29-19/h3-12,19H,2,13H2,1H3,(H,22,25). The van der Waals surface area contributed by atoms with E-state index >= 15 is 0 Å². The Labute approximate surface area is 167 Å². The number of para-hydroxylation sites is 2. The molecule has 0 saturated carbocycles. The summed E-state index contributed by atoms with van der Waals surface area (Å²) in [5.41, 5.74) is 1.59. The highest BCUT2D eigenvalue weighted by Crippen LogP contribution is 2.31. The molecular formula is C21H19N3O5. The molecule has 1 aromatic heterocycles. The average molecular weight is 393 g/mol. The molecule has 8 heteroatoms. The van der Waals surface area contributed by atoms with E-state index in [1.54, 1.807) is 60.3 Å². The summed E-state index contributed by atoms with van der Waals surface area (Å²) in [5.74, 6) is 0.412. The molecule has 1 atom stereocenters. The SMILES string of the molecule is CCOC(=O)c1ccn(-c2ccc(NC(=O)C3COc4ccccc4O3)cc2)n1. The van der Waals surface area contributed by atoms with Crippen molar-refractivity contribution in [1.82, 2.24) is 9.78 Å². The number of aromatic nitrogens is 2. The number of anilines is 1. The fourth-order valence-corrected chi connectivity index (χ4v) is 2.85. The van der Waals surface area contributed by atoms with Crippen molar-refractivity contribution in [3.63, 3.8) is 0 Å². The Bertz CT molecular complexity index is 1030. The quantitative estimate of drug-likeness (QED) is 0.670. The summed E-state index contributed by atoms with van der Waals surface area (Å²) in [5, 5.41) is 7.02. The first-order valence-corrected chi connectivity index (χ1v) is 9.16. The van der Waals surface area contributed by atoms with Crippen molar-refractivity contribution in [2.45, 2.75) is 13.0 Å². The van der Waals surface area contributed by atoms with Crippen LogP contribution in [-0.4, -0.2) is 41.0 Å². The summed E-state index contributed by atoms with van der Waals surface area (Å²) < 4.78 is 17.8. The number of ether oxygens (including phenoxy) is 3. The molecule has 1 unspecified atom stereocenters. The second-order valence-electron chi connectivity index (χ2n) is 6.27. The maximum atomic E-state index is 12.5. The molecule has 29 heavy (non-hydrogen) atoms. The van der Waals surface area contributed by atoms with E-state index in [-0.39, 0.29) is 18.2 Å². The maximum absolute atomic E-state index is 12.5. The van der Waals surface area contributed by atoms with Crippen LogP contribution in [0.2, 0.25) is 0 Å². The van der Waals surface area contributed by atoms with Gasteiger partial charge in [-0.25, -0.2) is 9.48 Å². The highest BCUT2D eigenvalue weighted by Gasteiger charge is 2.27. The molecule has 1 amide bonds. The molecule has 8 nitrogen and oxygen atoms in total. The van der Waals surface area contributed by atoms with Crippen LogP contribution < -0.4 is 14.8 Å². The number of amides is 1. The van der Waals surface area contributed by atoms with Crippen LogP contribution in [0.4, 0.5) is 5.69 Å². The average Bonchev–Trinajstić information content (AvgIpc) is 3.24. The molecule has 2 aromatic carbocycles. The van der Waals surface area contributed by atoms with Crippen LogP contribution >= 0.6 is 0 Å². The second kappa shape index (κ2) is 8.05. The molecule has 0 bridgehead atoms. The second-order valence-corrected chi connectivity index (χ2v) is 6.27. The third-order valence-corrected chi connectivity index (χ3v) is 4.27. The van der Waals surface area contributed by atoms with Gasteiger partial charge in [-0.2, -0.15) is 5.10 Å². The van der Waals surface area contributed by atoms with Gasteiger partial charge in [0.1, 0.15) is 6.61 Å². The van der Waals surface area contributed by atoms with E-state index in [1.165, 1.54) is 0 Å². The van der Waals surface area contributed by atoms with Crippen LogP contribution in [0.3, 0.4) is 0 Å². The van der Waals surface area contributed by atoms with Gasteiger partial charge in [-0.15, -0.1) is 0 Å². The first kappa shape index (κ1) is 18.5. The van der Waals surface area contributed by atoms with Crippen LogP contribution in [0, 0.1) is 0 Å². The Morgan fingerprint density at radius 1 is 1.14 bits per heavy atom. The largest absolute Gasteiger partial charge is 0.485 e. The lowest BCUT2D eigenvalue weighted by molar-refractivity contribution is -0.125. The third kappa shape index (κ3) is 4.06. The fraction of sp³-hybridized carbons (Fsp3) is 0.190. The molecule has 3 aromatic rings. The predicted octanol–water partition coefficient (Wildman–Crippen LogP) is 2.83. The van der Waals surface area contributed by atoms with Crippen molar-refractivity contribution >= 4 is 17.6 Å². The van der Waals surface area contributed by atoms with Crippen molar-refractivity contribution in [2.24, 2.45) is 0 Å². The van der Waals surface area contributed by atoms with Gasteiger partial charge in [0.25, 0.3) is 5.91 Å². The Morgan fingerprint density at radius 3 is 2.66 bits per heavy atom. The van der Waals surface area contributed by atoms with Gasteiger partial charge >= 0.3 is 5.97 Å². The van der Waals surface area contributed by atoms with Gasteiger partial charge in [0.2, 0.25) is 6.10 Å². The molecule has 0 spiro atoms. The minimum Gasteiger partial charge on any atom is -0.485 e. The minimum atomic E-state index is -0.733. The van der Waals surface area contributed by atoms with Crippen LogP contribution in [0.25, 0.3) is 5.69 Å². The molecule has 0 radical (unpaired) electrons. The van der Waals surface area contributed by atoms with Crippen LogP contribution in [-0.2, 0) is 9.53 Å². The lowest BCUT2D eigenvalue weighted by atomic mass is 10.2. The monoisotopic (exact) mass is 393 g/mol. The summed E-state index contributed by atoms with van der Waals surface area (Å²) in [7, 11) is 0. The number of fused-ring (bicyclic) bond motifs is 1. The summed E-state index contributed by atoms with van der Waals surface area (Å²) in [6.07, 6.45) is 0.938. The molecule has 1 aliphatic heterocycles. The zero-order valence-electron chi connectivity index (χ0n) is 15.7. The lowest BCUT2D eigenvalue weighted by Crippen LogP contribution is -2.40. The molecule has 0 aliphatic carbocycles. The summed E-state index contributed by atoms with van der Waals surface area (Å²) in [6, 6.07) is 15.9. The summed E-state index contributed by atoms with van der Waals surface area (Å²) in [4.78, 5) is 24.2. The number of hydrogen-bond donors (Lipinski definition) is 1.